The van der Waals surface area contributed by atoms with Crippen LogP contribution in [0.2, 0.25) is 10.0 Å². The highest BCUT2D eigenvalue weighted by atomic mass is 35.5. The van der Waals surface area contributed by atoms with Gasteiger partial charge in [0.05, 0.1) is 26.8 Å². The highest BCUT2D eigenvalue weighted by Crippen LogP contribution is 2.27. The summed E-state index contributed by atoms with van der Waals surface area (Å²) in [7, 11) is -4.00. The molecule has 9 heteroatoms. The van der Waals surface area contributed by atoms with Crippen molar-refractivity contribution in [3.8, 4) is 0 Å². The number of anilines is 1. The Balaban J connectivity index is 1.89. The molecule has 0 radical (unpaired) electrons. The van der Waals surface area contributed by atoms with E-state index in [2.05, 4.69) is 10.5 Å². The van der Waals surface area contributed by atoms with Crippen molar-refractivity contribution in [1.29, 1.82) is 0 Å². The molecule has 3 rings (SSSR count). The topological polar surface area (TPSA) is 78.8 Å². The van der Waals surface area contributed by atoms with Crippen LogP contribution in [0.5, 0.6) is 0 Å². The third kappa shape index (κ3) is 5.48. The fraction of sp³-hybridized carbons (Fsp3) is 0.130. The molecule has 32 heavy (non-hydrogen) atoms. The van der Waals surface area contributed by atoms with Gasteiger partial charge in [-0.05, 0) is 49.7 Å². The number of carbonyl (C=O) groups is 1. The van der Waals surface area contributed by atoms with E-state index < -0.39 is 22.5 Å². The zero-order chi connectivity index (χ0) is 23.3. The first kappa shape index (κ1) is 23.8. The molecule has 0 saturated heterocycles. The largest absolute Gasteiger partial charge is 0.271 e. The standard InChI is InChI=1S/C23H21Cl2N3O3S/c1-16-11-12-22(17(2)13-16)28(32(30,31)18-7-4-3-5-8-18)15-23(29)27-26-14-19-20(24)9-6-10-21(19)25/h3-14H,15H2,1-2H3,(H,27,29)/b26-14-. The molecule has 3 aromatic carbocycles. The molecule has 0 atom stereocenters. The molecule has 0 aliphatic carbocycles. The molecule has 0 unspecified atom stereocenters. The summed E-state index contributed by atoms with van der Waals surface area (Å²) >= 11 is 12.2. The second kappa shape index (κ2) is 10.2. The van der Waals surface area contributed by atoms with Crippen LogP contribution in [0.3, 0.4) is 0 Å². The maximum Gasteiger partial charge on any atom is 0.264 e. The van der Waals surface area contributed by atoms with Crippen LogP contribution in [-0.4, -0.2) is 27.1 Å². The Morgan fingerprint density at radius 3 is 2.28 bits per heavy atom. The molecule has 0 heterocycles. The molecule has 0 aromatic heterocycles. The van der Waals surface area contributed by atoms with Crippen LogP contribution in [0, 0.1) is 13.8 Å². The minimum absolute atomic E-state index is 0.0825. The number of halogens is 2. The first-order valence-corrected chi connectivity index (χ1v) is 11.8. The fourth-order valence-corrected chi connectivity index (χ4v) is 5.07. The van der Waals surface area contributed by atoms with Gasteiger partial charge in [0, 0.05) is 5.56 Å². The zero-order valence-corrected chi connectivity index (χ0v) is 19.7. The number of nitrogens with one attached hydrogen (secondary N) is 1. The van der Waals surface area contributed by atoms with Crippen molar-refractivity contribution in [1.82, 2.24) is 5.43 Å². The maximum absolute atomic E-state index is 13.4. The van der Waals surface area contributed by atoms with E-state index in [9.17, 15) is 13.2 Å². The van der Waals surface area contributed by atoms with E-state index in [4.69, 9.17) is 23.2 Å². The Hall–Kier alpha value is -2.87. The van der Waals surface area contributed by atoms with Gasteiger partial charge in [-0.2, -0.15) is 5.10 Å². The minimum Gasteiger partial charge on any atom is -0.271 e. The van der Waals surface area contributed by atoms with Crippen LogP contribution >= 0.6 is 23.2 Å². The van der Waals surface area contributed by atoms with E-state index in [0.29, 0.717) is 21.3 Å². The van der Waals surface area contributed by atoms with Crippen LogP contribution in [0.4, 0.5) is 5.69 Å². The van der Waals surface area contributed by atoms with E-state index in [1.54, 1.807) is 55.5 Å². The molecule has 0 bridgehead atoms. The molecule has 0 fully saturated rings. The van der Waals surface area contributed by atoms with Crippen molar-refractivity contribution in [3.05, 3.63) is 93.5 Å². The minimum atomic E-state index is -4.00. The quantitative estimate of drug-likeness (QED) is 0.376. The van der Waals surface area contributed by atoms with Crippen LogP contribution in [-0.2, 0) is 14.8 Å². The Kier molecular flexibility index (Phi) is 7.56. The number of rotatable bonds is 7. The molecule has 0 aliphatic heterocycles. The van der Waals surface area contributed by atoms with Gasteiger partial charge in [0.15, 0.2) is 0 Å². The highest BCUT2D eigenvalue weighted by molar-refractivity contribution is 7.92. The number of aryl methyl sites for hydroxylation is 2. The van der Waals surface area contributed by atoms with Gasteiger partial charge in [-0.25, -0.2) is 13.8 Å². The first-order valence-electron chi connectivity index (χ1n) is 9.61. The first-order chi connectivity index (χ1) is 15.2. The summed E-state index contributed by atoms with van der Waals surface area (Å²) in [5.74, 6) is -0.621. The van der Waals surface area contributed by atoms with Gasteiger partial charge in [0.1, 0.15) is 6.54 Å². The van der Waals surface area contributed by atoms with Crippen LogP contribution in [0.15, 0.2) is 76.7 Å². The molecular weight excluding hydrogens is 469 g/mol. The lowest BCUT2D eigenvalue weighted by Crippen LogP contribution is -2.40. The lowest BCUT2D eigenvalue weighted by atomic mass is 10.1. The molecule has 0 saturated carbocycles. The number of hydrogen-bond donors (Lipinski definition) is 1. The van der Waals surface area contributed by atoms with Crippen LogP contribution in [0.1, 0.15) is 16.7 Å². The lowest BCUT2D eigenvalue weighted by molar-refractivity contribution is -0.119. The monoisotopic (exact) mass is 489 g/mol. The Morgan fingerprint density at radius 2 is 1.66 bits per heavy atom. The Labute approximate surface area is 197 Å². The fourth-order valence-electron chi connectivity index (χ4n) is 3.07. The summed E-state index contributed by atoms with van der Waals surface area (Å²) in [6, 6.07) is 18.3. The van der Waals surface area contributed by atoms with Crippen molar-refractivity contribution in [2.24, 2.45) is 5.10 Å². The van der Waals surface area contributed by atoms with Crippen molar-refractivity contribution in [2.45, 2.75) is 18.7 Å². The molecule has 6 nitrogen and oxygen atoms in total. The summed E-state index contributed by atoms with van der Waals surface area (Å²) < 4.78 is 27.8. The Morgan fingerprint density at radius 1 is 1.00 bits per heavy atom. The molecule has 3 aromatic rings. The number of hydrazone groups is 1. The molecule has 166 valence electrons. The molecule has 1 amide bonds. The third-order valence-corrected chi connectivity index (χ3v) is 7.06. The lowest BCUT2D eigenvalue weighted by Gasteiger charge is -2.25. The van der Waals surface area contributed by atoms with Crippen molar-refractivity contribution >= 4 is 51.0 Å². The average molecular weight is 490 g/mol. The predicted octanol–water partition coefficient (Wildman–Crippen LogP) is 4.96. The summed E-state index contributed by atoms with van der Waals surface area (Å²) in [4.78, 5) is 12.7. The second-order valence-electron chi connectivity index (χ2n) is 7.04. The van der Waals surface area contributed by atoms with Gasteiger partial charge in [-0.3, -0.25) is 9.10 Å². The zero-order valence-electron chi connectivity index (χ0n) is 17.4. The third-order valence-electron chi connectivity index (χ3n) is 4.62. The van der Waals surface area contributed by atoms with Crippen LogP contribution in [0.25, 0.3) is 0 Å². The number of amides is 1. The maximum atomic E-state index is 13.4. The molecule has 1 N–H and O–H groups in total. The van der Waals surface area contributed by atoms with Crippen molar-refractivity contribution < 1.29 is 13.2 Å². The molecular formula is C23H21Cl2N3O3S. The normalized spacial score (nSPS) is 11.5. The predicted molar refractivity (Wildman–Crippen MR) is 129 cm³/mol. The average Bonchev–Trinajstić information content (AvgIpc) is 2.75. The highest BCUT2D eigenvalue weighted by Gasteiger charge is 2.28. The number of hydrogen-bond acceptors (Lipinski definition) is 4. The van der Waals surface area contributed by atoms with Crippen LogP contribution < -0.4 is 9.73 Å². The van der Waals surface area contributed by atoms with E-state index in [1.165, 1.54) is 18.3 Å². The SMILES string of the molecule is Cc1ccc(N(CC(=O)N/N=C\c2c(Cl)cccc2Cl)S(=O)(=O)c2ccccc2)c(C)c1. The van der Waals surface area contributed by atoms with Gasteiger partial charge < -0.3 is 0 Å². The summed E-state index contributed by atoms with van der Waals surface area (Å²) in [5.41, 5.74) is 4.91. The number of nitrogens with zero attached hydrogens (tertiary/aromatic N) is 2. The van der Waals surface area contributed by atoms with E-state index in [1.807, 2.05) is 13.0 Å². The number of carbonyl (C=O) groups excluding carboxylic acids is 1. The van der Waals surface area contributed by atoms with E-state index in [0.717, 1.165) is 15.4 Å². The summed E-state index contributed by atoms with van der Waals surface area (Å²) in [6.07, 6.45) is 1.32. The van der Waals surface area contributed by atoms with E-state index in [-0.39, 0.29) is 4.90 Å². The van der Waals surface area contributed by atoms with Crippen molar-refractivity contribution in [2.75, 3.05) is 10.8 Å². The number of benzene rings is 3. The second-order valence-corrected chi connectivity index (χ2v) is 9.72. The number of sulfonamides is 1. The van der Waals surface area contributed by atoms with Crippen molar-refractivity contribution in [3.63, 3.8) is 0 Å². The van der Waals surface area contributed by atoms with Gasteiger partial charge in [0.25, 0.3) is 15.9 Å². The Bertz CT molecular complexity index is 1240. The van der Waals surface area contributed by atoms with Gasteiger partial charge in [-0.1, -0.05) is 65.2 Å². The summed E-state index contributed by atoms with van der Waals surface area (Å²) in [5, 5.41) is 4.63. The van der Waals surface area contributed by atoms with Gasteiger partial charge in [-0.15, -0.1) is 0 Å². The molecule has 0 spiro atoms. The summed E-state index contributed by atoms with van der Waals surface area (Å²) in [6.45, 7) is 3.24. The van der Waals surface area contributed by atoms with Gasteiger partial charge >= 0.3 is 0 Å². The van der Waals surface area contributed by atoms with E-state index >= 15 is 0 Å². The molecule has 0 aliphatic rings. The van der Waals surface area contributed by atoms with Gasteiger partial charge in [0.2, 0.25) is 0 Å². The smallest absolute Gasteiger partial charge is 0.264 e.